The summed E-state index contributed by atoms with van der Waals surface area (Å²) in [5.74, 6) is 0.232. The van der Waals surface area contributed by atoms with Gasteiger partial charge in [-0.2, -0.15) is 0 Å². The number of benzene rings is 2. The number of hydrogen-bond acceptors (Lipinski definition) is 3. The zero-order valence-electron chi connectivity index (χ0n) is 14.3. The number of guanidine groups is 1. The number of sulfonamides is 1. The van der Waals surface area contributed by atoms with E-state index in [1.54, 1.807) is 12.1 Å². The van der Waals surface area contributed by atoms with Gasteiger partial charge in [0.15, 0.2) is 5.96 Å². The third-order valence-corrected chi connectivity index (χ3v) is 5.09. The average molecular weight is 509 g/mol. The number of halogens is 2. The lowest BCUT2D eigenvalue weighted by Crippen LogP contribution is -2.28. The van der Waals surface area contributed by atoms with Gasteiger partial charge in [0, 0.05) is 17.3 Å². The molecule has 0 spiro atoms. The highest BCUT2D eigenvalue weighted by Gasteiger charge is 2.13. The molecule has 2 aromatic rings. The van der Waals surface area contributed by atoms with Crippen LogP contribution in [0, 0.1) is 0 Å². The number of nitrogens with two attached hydrogens (primary N) is 1. The van der Waals surface area contributed by atoms with Crippen LogP contribution in [0.2, 0.25) is 5.02 Å². The molecule has 0 radical (unpaired) electrons. The summed E-state index contributed by atoms with van der Waals surface area (Å²) in [5, 5.41) is 3.35. The molecule has 2 rings (SSSR count). The first-order valence-corrected chi connectivity index (χ1v) is 9.68. The van der Waals surface area contributed by atoms with Crippen LogP contribution < -0.4 is 15.8 Å². The van der Waals surface area contributed by atoms with Crippen molar-refractivity contribution in [1.82, 2.24) is 4.72 Å². The smallest absolute Gasteiger partial charge is 0.240 e. The van der Waals surface area contributed by atoms with E-state index in [4.69, 9.17) is 17.3 Å². The Hall–Kier alpha value is -1.36. The molecule has 4 N–H and O–H groups in total. The molecule has 6 nitrogen and oxygen atoms in total. The predicted octanol–water partition coefficient (Wildman–Crippen LogP) is 3.23. The van der Waals surface area contributed by atoms with Gasteiger partial charge in [0.1, 0.15) is 0 Å². The third-order valence-electron chi connectivity index (χ3n) is 3.40. The lowest BCUT2D eigenvalue weighted by atomic mass is 10.1. The normalized spacial score (nSPS) is 11.7. The largest absolute Gasteiger partial charge is 0.370 e. The van der Waals surface area contributed by atoms with Crippen LogP contribution in [0.5, 0.6) is 0 Å². The van der Waals surface area contributed by atoms with E-state index in [0.29, 0.717) is 5.02 Å². The van der Waals surface area contributed by atoms with Crippen LogP contribution in [0.3, 0.4) is 0 Å². The van der Waals surface area contributed by atoms with E-state index in [1.807, 2.05) is 24.3 Å². The summed E-state index contributed by atoms with van der Waals surface area (Å²) in [6.07, 6.45) is 0.928. The van der Waals surface area contributed by atoms with Crippen LogP contribution in [0.25, 0.3) is 0 Å². The number of nitrogens with one attached hydrogen (secondary N) is 2. The van der Waals surface area contributed by atoms with Crippen LogP contribution in [-0.2, 0) is 16.4 Å². The van der Waals surface area contributed by atoms with Gasteiger partial charge in [-0.15, -0.1) is 24.0 Å². The Morgan fingerprint density at radius 1 is 1.19 bits per heavy atom. The summed E-state index contributed by atoms with van der Waals surface area (Å²) in [6.45, 7) is 2.42. The minimum atomic E-state index is -3.61. The molecule has 9 heteroatoms. The van der Waals surface area contributed by atoms with Crippen LogP contribution >= 0.6 is 35.6 Å². The van der Waals surface area contributed by atoms with Crippen LogP contribution in [0.4, 0.5) is 5.69 Å². The Labute approximate surface area is 176 Å². The van der Waals surface area contributed by atoms with Gasteiger partial charge in [-0.25, -0.2) is 13.1 Å². The third kappa shape index (κ3) is 7.10. The summed E-state index contributed by atoms with van der Waals surface area (Å²) in [6, 6.07) is 13.9. The molecule has 0 aliphatic carbocycles. The van der Waals surface area contributed by atoms with E-state index in [0.717, 1.165) is 12.1 Å². The Morgan fingerprint density at radius 3 is 2.62 bits per heavy atom. The van der Waals surface area contributed by atoms with E-state index in [2.05, 4.69) is 22.0 Å². The van der Waals surface area contributed by atoms with E-state index in [-0.39, 0.29) is 47.9 Å². The number of rotatable bonds is 7. The molecule has 26 heavy (non-hydrogen) atoms. The Morgan fingerprint density at radius 2 is 1.92 bits per heavy atom. The molecule has 0 amide bonds. The number of hydrogen-bond donors (Lipinski definition) is 3. The molecule has 0 fully saturated rings. The van der Waals surface area contributed by atoms with Crippen molar-refractivity contribution in [2.45, 2.75) is 18.2 Å². The topological polar surface area (TPSA) is 96.6 Å². The van der Waals surface area contributed by atoms with Crippen molar-refractivity contribution in [2.24, 2.45) is 10.7 Å². The van der Waals surface area contributed by atoms with E-state index < -0.39 is 10.0 Å². The van der Waals surface area contributed by atoms with E-state index in [9.17, 15) is 8.42 Å². The van der Waals surface area contributed by atoms with Crippen molar-refractivity contribution in [1.29, 1.82) is 0 Å². The average Bonchev–Trinajstić information content (AvgIpc) is 2.59. The SMILES string of the molecule is CCc1cccc(NC(N)=NCCNS(=O)(=O)c2cccc(Cl)c2)c1.I. The maximum absolute atomic E-state index is 12.1. The molecule has 0 atom stereocenters. The van der Waals surface area contributed by atoms with Crippen LogP contribution in [0.1, 0.15) is 12.5 Å². The maximum Gasteiger partial charge on any atom is 0.240 e. The summed E-state index contributed by atoms with van der Waals surface area (Å²) in [5.41, 5.74) is 7.86. The van der Waals surface area contributed by atoms with Crippen LogP contribution in [0.15, 0.2) is 58.4 Å². The number of anilines is 1. The highest BCUT2D eigenvalue weighted by molar-refractivity contribution is 14.0. The zero-order valence-corrected chi connectivity index (χ0v) is 18.2. The summed E-state index contributed by atoms with van der Waals surface area (Å²) < 4.78 is 26.7. The van der Waals surface area contributed by atoms with Crippen molar-refractivity contribution >= 4 is 57.2 Å². The van der Waals surface area contributed by atoms with Crippen molar-refractivity contribution in [3.63, 3.8) is 0 Å². The number of aliphatic imine (C=N–C) groups is 1. The Kier molecular flexibility index (Phi) is 9.34. The summed E-state index contributed by atoms with van der Waals surface area (Å²) in [7, 11) is -3.61. The van der Waals surface area contributed by atoms with Gasteiger partial charge in [0.05, 0.1) is 11.4 Å². The number of nitrogens with zero attached hydrogens (tertiary/aromatic N) is 1. The fourth-order valence-corrected chi connectivity index (χ4v) is 3.45. The second-order valence-corrected chi connectivity index (χ2v) is 7.50. The first-order chi connectivity index (χ1) is 11.9. The standard InChI is InChI=1S/C17H21ClN4O2S.HI/c1-2-13-5-3-7-15(11-13)22-17(19)20-9-10-21-25(23,24)16-8-4-6-14(18)12-16;/h3-8,11-12,21H,2,9-10H2,1H3,(H3,19,20,22);1H. The molecule has 0 bridgehead atoms. The molecule has 0 saturated heterocycles. The molecule has 0 aliphatic rings. The zero-order chi connectivity index (χ0) is 18.3. The molecule has 0 aliphatic heterocycles. The monoisotopic (exact) mass is 508 g/mol. The van der Waals surface area contributed by atoms with Gasteiger partial charge in [-0.05, 0) is 42.3 Å². The lowest BCUT2D eigenvalue weighted by molar-refractivity contribution is 0.582. The van der Waals surface area contributed by atoms with Gasteiger partial charge in [-0.3, -0.25) is 4.99 Å². The van der Waals surface area contributed by atoms with Crippen molar-refractivity contribution in [3.8, 4) is 0 Å². The second kappa shape index (κ2) is 10.7. The van der Waals surface area contributed by atoms with E-state index >= 15 is 0 Å². The molecule has 142 valence electrons. The van der Waals surface area contributed by atoms with Crippen molar-refractivity contribution < 1.29 is 8.42 Å². The lowest BCUT2D eigenvalue weighted by Gasteiger charge is -2.08. The van der Waals surface area contributed by atoms with E-state index in [1.165, 1.54) is 17.7 Å². The van der Waals surface area contributed by atoms with Crippen molar-refractivity contribution in [2.75, 3.05) is 18.4 Å². The molecule has 0 unspecified atom stereocenters. The Bertz CT molecular complexity index is 859. The highest BCUT2D eigenvalue weighted by atomic mass is 127. The fourth-order valence-electron chi connectivity index (χ4n) is 2.13. The minimum Gasteiger partial charge on any atom is -0.370 e. The molecule has 0 heterocycles. The first kappa shape index (κ1) is 22.7. The fraction of sp³-hybridized carbons (Fsp3) is 0.235. The highest BCUT2D eigenvalue weighted by Crippen LogP contribution is 2.15. The second-order valence-electron chi connectivity index (χ2n) is 5.30. The molecule has 2 aromatic carbocycles. The van der Waals surface area contributed by atoms with Gasteiger partial charge in [0.2, 0.25) is 10.0 Å². The molecular formula is C17H22ClIN4O2S. The van der Waals surface area contributed by atoms with Gasteiger partial charge in [-0.1, -0.05) is 36.7 Å². The van der Waals surface area contributed by atoms with Gasteiger partial charge >= 0.3 is 0 Å². The summed E-state index contributed by atoms with van der Waals surface area (Å²) >= 11 is 5.81. The molecular weight excluding hydrogens is 487 g/mol. The molecule has 0 saturated carbocycles. The first-order valence-electron chi connectivity index (χ1n) is 7.82. The van der Waals surface area contributed by atoms with Gasteiger partial charge < -0.3 is 11.1 Å². The summed E-state index contributed by atoms with van der Waals surface area (Å²) in [4.78, 5) is 4.24. The quantitative estimate of drug-likeness (QED) is 0.232. The minimum absolute atomic E-state index is 0. The van der Waals surface area contributed by atoms with Crippen molar-refractivity contribution in [3.05, 3.63) is 59.1 Å². The van der Waals surface area contributed by atoms with Gasteiger partial charge in [0.25, 0.3) is 0 Å². The maximum atomic E-state index is 12.1. The van der Waals surface area contributed by atoms with Crippen LogP contribution in [-0.4, -0.2) is 27.5 Å². The predicted molar refractivity (Wildman–Crippen MR) is 118 cm³/mol. The number of aryl methyl sites for hydroxylation is 1. The molecule has 0 aromatic heterocycles. The Balaban J connectivity index is 0.00000338.